The molecule has 4 nitrogen and oxygen atoms in total. The van der Waals surface area contributed by atoms with Crippen LogP contribution in [0.2, 0.25) is 5.15 Å². The molecule has 0 aromatic carbocycles. The van der Waals surface area contributed by atoms with Crippen LogP contribution >= 0.6 is 11.6 Å². The van der Waals surface area contributed by atoms with Crippen LogP contribution in [-0.2, 0) is 6.42 Å². The Labute approximate surface area is 120 Å². The first kappa shape index (κ1) is 15.8. The van der Waals surface area contributed by atoms with E-state index in [1.807, 2.05) is 6.07 Å². The molecule has 0 saturated heterocycles. The molecule has 0 atom stereocenters. The summed E-state index contributed by atoms with van der Waals surface area (Å²) in [5, 5.41) is 3.62. The van der Waals surface area contributed by atoms with Crippen molar-refractivity contribution in [3.63, 3.8) is 0 Å². The van der Waals surface area contributed by atoms with E-state index in [1.165, 1.54) is 19.3 Å². The van der Waals surface area contributed by atoms with Gasteiger partial charge >= 0.3 is 0 Å². The summed E-state index contributed by atoms with van der Waals surface area (Å²) >= 11 is 5.72. The summed E-state index contributed by atoms with van der Waals surface area (Å²) in [6.45, 7) is 3.76. The van der Waals surface area contributed by atoms with Crippen molar-refractivity contribution in [1.82, 2.24) is 10.3 Å². The van der Waals surface area contributed by atoms with E-state index in [0.29, 0.717) is 11.1 Å². The number of hydrogen-bond acceptors (Lipinski definition) is 2. The van der Waals surface area contributed by atoms with Crippen molar-refractivity contribution in [2.24, 2.45) is 10.7 Å². The molecule has 19 heavy (non-hydrogen) atoms. The first-order chi connectivity index (χ1) is 9.22. The molecule has 0 unspecified atom stereocenters. The molecule has 0 radical (unpaired) electrons. The molecular formula is C14H23ClN4. The zero-order valence-electron chi connectivity index (χ0n) is 11.5. The third-order valence-corrected chi connectivity index (χ3v) is 3.03. The Bertz CT molecular complexity index is 376. The number of pyridine rings is 1. The molecule has 0 aliphatic carbocycles. The van der Waals surface area contributed by atoms with Gasteiger partial charge in [0.15, 0.2) is 5.96 Å². The Morgan fingerprint density at radius 1 is 1.37 bits per heavy atom. The lowest BCUT2D eigenvalue weighted by atomic mass is 10.2. The van der Waals surface area contributed by atoms with Gasteiger partial charge in [-0.25, -0.2) is 4.98 Å². The fraction of sp³-hybridized carbons (Fsp3) is 0.571. The average molecular weight is 283 g/mol. The zero-order chi connectivity index (χ0) is 13.9. The second-order valence-electron chi connectivity index (χ2n) is 4.49. The van der Waals surface area contributed by atoms with Crippen LogP contribution in [0, 0.1) is 0 Å². The number of rotatable bonds is 8. The van der Waals surface area contributed by atoms with Crippen LogP contribution < -0.4 is 11.1 Å². The number of halogens is 1. The van der Waals surface area contributed by atoms with Gasteiger partial charge < -0.3 is 11.1 Å². The second-order valence-corrected chi connectivity index (χ2v) is 4.88. The monoisotopic (exact) mass is 282 g/mol. The van der Waals surface area contributed by atoms with E-state index in [1.54, 1.807) is 12.3 Å². The van der Waals surface area contributed by atoms with Gasteiger partial charge in [0.1, 0.15) is 5.15 Å². The summed E-state index contributed by atoms with van der Waals surface area (Å²) in [5.74, 6) is 0.526. The number of aliphatic imine (C=N–C) groups is 1. The molecule has 0 bridgehead atoms. The molecule has 0 saturated carbocycles. The highest BCUT2D eigenvalue weighted by Gasteiger charge is 1.95. The van der Waals surface area contributed by atoms with E-state index >= 15 is 0 Å². The van der Waals surface area contributed by atoms with Crippen LogP contribution in [0.3, 0.4) is 0 Å². The average Bonchev–Trinajstić information content (AvgIpc) is 2.41. The Kier molecular flexibility index (Phi) is 7.98. The fourth-order valence-corrected chi connectivity index (χ4v) is 1.80. The van der Waals surface area contributed by atoms with Crippen molar-refractivity contribution in [1.29, 1.82) is 0 Å². The molecular weight excluding hydrogens is 260 g/mol. The van der Waals surface area contributed by atoms with Gasteiger partial charge in [-0.1, -0.05) is 43.9 Å². The van der Waals surface area contributed by atoms with Crippen molar-refractivity contribution >= 4 is 17.6 Å². The molecule has 0 fully saturated rings. The molecule has 1 aromatic heterocycles. The van der Waals surface area contributed by atoms with Crippen molar-refractivity contribution in [3.05, 3.63) is 29.0 Å². The number of unbranched alkanes of at least 4 members (excludes halogenated alkanes) is 3. The second kappa shape index (κ2) is 9.62. The molecule has 0 aliphatic heterocycles. The smallest absolute Gasteiger partial charge is 0.188 e. The summed E-state index contributed by atoms with van der Waals surface area (Å²) in [7, 11) is 0. The summed E-state index contributed by atoms with van der Waals surface area (Å²) in [5.41, 5.74) is 6.91. The Morgan fingerprint density at radius 2 is 2.21 bits per heavy atom. The topological polar surface area (TPSA) is 63.3 Å². The highest BCUT2D eigenvalue weighted by atomic mass is 35.5. The number of nitrogens with one attached hydrogen (secondary N) is 1. The first-order valence-corrected chi connectivity index (χ1v) is 7.24. The van der Waals surface area contributed by atoms with E-state index in [4.69, 9.17) is 17.3 Å². The molecule has 1 heterocycles. The highest BCUT2D eigenvalue weighted by molar-refractivity contribution is 6.29. The lowest BCUT2D eigenvalue weighted by Crippen LogP contribution is -2.33. The van der Waals surface area contributed by atoms with Crippen LogP contribution in [0.15, 0.2) is 23.3 Å². The predicted molar refractivity (Wildman–Crippen MR) is 81.6 cm³/mol. The van der Waals surface area contributed by atoms with Crippen molar-refractivity contribution < 1.29 is 0 Å². The third-order valence-electron chi connectivity index (χ3n) is 2.80. The Hall–Kier alpha value is -1.29. The van der Waals surface area contributed by atoms with Gasteiger partial charge in [0.2, 0.25) is 0 Å². The third kappa shape index (κ3) is 7.67. The van der Waals surface area contributed by atoms with Crippen LogP contribution in [-0.4, -0.2) is 24.0 Å². The number of aromatic nitrogens is 1. The number of guanidine groups is 1. The summed E-state index contributed by atoms with van der Waals surface area (Å²) in [4.78, 5) is 8.32. The standard InChI is InChI=1S/C14H23ClN4/c1-2-3-4-5-9-17-14(16)18-10-8-12-6-7-13(15)19-11-12/h6-7,11H,2-5,8-10H2,1H3,(H3,16,17,18). The fourth-order valence-electron chi connectivity index (χ4n) is 1.68. The summed E-state index contributed by atoms with van der Waals surface area (Å²) in [6.07, 6.45) is 7.48. The van der Waals surface area contributed by atoms with Crippen LogP contribution in [0.25, 0.3) is 0 Å². The van der Waals surface area contributed by atoms with Crippen LogP contribution in [0.4, 0.5) is 0 Å². The zero-order valence-corrected chi connectivity index (χ0v) is 12.3. The van der Waals surface area contributed by atoms with Gasteiger partial charge in [0, 0.05) is 19.3 Å². The maximum atomic E-state index is 5.78. The molecule has 5 heteroatoms. The number of nitrogens with two attached hydrogens (primary N) is 1. The molecule has 1 aromatic rings. The Balaban J connectivity index is 2.14. The molecule has 3 N–H and O–H groups in total. The van der Waals surface area contributed by atoms with E-state index in [0.717, 1.165) is 31.5 Å². The van der Waals surface area contributed by atoms with Crippen LogP contribution in [0.1, 0.15) is 38.2 Å². The SMILES string of the molecule is CCCCCCN=C(N)NCCc1ccc(Cl)nc1. The lowest BCUT2D eigenvalue weighted by Gasteiger charge is -2.05. The van der Waals surface area contributed by atoms with E-state index in [-0.39, 0.29) is 0 Å². The van der Waals surface area contributed by atoms with Crippen molar-refractivity contribution in [2.75, 3.05) is 13.1 Å². The highest BCUT2D eigenvalue weighted by Crippen LogP contribution is 2.05. The van der Waals surface area contributed by atoms with Gasteiger partial charge in [-0.2, -0.15) is 0 Å². The van der Waals surface area contributed by atoms with E-state index in [9.17, 15) is 0 Å². The predicted octanol–water partition coefficient (Wildman–Crippen LogP) is 2.76. The minimum absolute atomic E-state index is 0.518. The van der Waals surface area contributed by atoms with Gasteiger partial charge in [-0.3, -0.25) is 4.99 Å². The van der Waals surface area contributed by atoms with E-state index < -0.39 is 0 Å². The van der Waals surface area contributed by atoms with Gasteiger partial charge in [0.05, 0.1) is 0 Å². The minimum Gasteiger partial charge on any atom is -0.370 e. The molecule has 0 aliphatic rings. The minimum atomic E-state index is 0.518. The Morgan fingerprint density at radius 3 is 2.89 bits per heavy atom. The van der Waals surface area contributed by atoms with Crippen molar-refractivity contribution in [3.8, 4) is 0 Å². The maximum Gasteiger partial charge on any atom is 0.188 e. The summed E-state index contributed by atoms with van der Waals surface area (Å²) in [6, 6.07) is 3.76. The van der Waals surface area contributed by atoms with Gasteiger partial charge in [-0.15, -0.1) is 0 Å². The first-order valence-electron chi connectivity index (χ1n) is 6.86. The summed E-state index contributed by atoms with van der Waals surface area (Å²) < 4.78 is 0. The number of nitrogens with zero attached hydrogens (tertiary/aromatic N) is 2. The molecule has 1 rings (SSSR count). The molecule has 0 amide bonds. The molecule has 0 spiro atoms. The normalized spacial score (nSPS) is 11.6. The number of hydrogen-bond donors (Lipinski definition) is 2. The van der Waals surface area contributed by atoms with E-state index in [2.05, 4.69) is 22.2 Å². The van der Waals surface area contributed by atoms with Gasteiger partial charge in [-0.05, 0) is 24.5 Å². The molecule has 106 valence electrons. The largest absolute Gasteiger partial charge is 0.370 e. The van der Waals surface area contributed by atoms with Crippen LogP contribution in [0.5, 0.6) is 0 Å². The van der Waals surface area contributed by atoms with Gasteiger partial charge in [0.25, 0.3) is 0 Å². The van der Waals surface area contributed by atoms with Crippen molar-refractivity contribution in [2.45, 2.75) is 39.0 Å². The quantitative estimate of drug-likeness (QED) is 0.333. The maximum absolute atomic E-state index is 5.78. The lowest BCUT2D eigenvalue weighted by molar-refractivity contribution is 0.673.